The number of thiazole rings is 1. The summed E-state index contributed by atoms with van der Waals surface area (Å²) in [5.41, 5.74) is 1.17. The molecule has 0 unspecified atom stereocenters. The van der Waals surface area contributed by atoms with Gasteiger partial charge in [0.05, 0.1) is 5.69 Å². The smallest absolute Gasteiger partial charge is 0.188 e. The van der Waals surface area contributed by atoms with Crippen molar-refractivity contribution < 1.29 is 0 Å². The number of nitrogens with one attached hydrogen (secondary N) is 1. The van der Waals surface area contributed by atoms with E-state index in [4.69, 9.17) is 0 Å². The Balaban J connectivity index is 2.17. The van der Waals surface area contributed by atoms with Crippen molar-refractivity contribution >= 4 is 11.3 Å². The van der Waals surface area contributed by atoms with Gasteiger partial charge in [-0.3, -0.25) is 0 Å². The third kappa shape index (κ3) is 3.34. The molecule has 0 aliphatic rings. The first-order valence-corrected chi connectivity index (χ1v) is 6.76. The molecule has 2 aromatic heterocycles. The van der Waals surface area contributed by atoms with Gasteiger partial charge in [-0.05, 0) is 33.8 Å². The van der Waals surface area contributed by atoms with Gasteiger partial charge in [-0.2, -0.15) is 0 Å². The Morgan fingerprint density at radius 3 is 2.50 bits per heavy atom. The van der Waals surface area contributed by atoms with E-state index in [1.54, 1.807) is 23.7 Å². The number of hydrogen-bond donors (Lipinski definition) is 1. The zero-order chi connectivity index (χ0) is 13.2. The van der Waals surface area contributed by atoms with Crippen molar-refractivity contribution in [3.8, 4) is 10.8 Å². The molecule has 2 aromatic rings. The summed E-state index contributed by atoms with van der Waals surface area (Å²) in [7, 11) is 0. The Morgan fingerprint density at radius 2 is 1.89 bits per heavy atom. The van der Waals surface area contributed by atoms with Crippen LogP contribution in [0.1, 0.15) is 31.3 Å². The summed E-state index contributed by atoms with van der Waals surface area (Å²) in [6.07, 6.45) is 3.48. The molecule has 96 valence electrons. The predicted molar refractivity (Wildman–Crippen MR) is 74.5 cm³/mol. The lowest BCUT2D eigenvalue weighted by atomic mass is 10.1. The van der Waals surface area contributed by atoms with E-state index >= 15 is 0 Å². The number of hydrogen-bond acceptors (Lipinski definition) is 5. The highest BCUT2D eigenvalue weighted by molar-refractivity contribution is 7.15. The summed E-state index contributed by atoms with van der Waals surface area (Å²) in [5, 5.41) is 4.36. The van der Waals surface area contributed by atoms with E-state index in [0.29, 0.717) is 5.82 Å². The molecule has 0 radical (unpaired) electrons. The van der Waals surface area contributed by atoms with E-state index in [9.17, 15) is 0 Å². The topological polar surface area (TPSA) is 50.7 Å². The Labute approximate surface area is 112 Å². The fraction of sp³-hybridized carbons (Fsp3) is 0.462. The third-order valence-electron chi connectivity index (χ3n) is 2.43. The second-order valence-corrected chi connectivity index (χ2v) is 6.29. The Morgan fingerprint density at radius 1 is 1.22 bits per heavy atom. The summed E-state index contributed by atoms with van der Waals surface area (Å²) in [5.74, 6) is 0.701. The summed E-state index contributed by atoms with van der Waals surface area (Å²) >= 11 is 1.65. The highest BCUT2D eigenvalue weighted by Gasteiger charge is 2.14. The lowest BCUT2D eigenvalue weighted by Crippen LogP contribution is -2.34. The molecule has 0 bridgehead atoms. The first-order chi connectivity index (χ1) is 8.46. The van der Waals surface area contributed by atoms with Gasteiger partial charge in [-0.1, -0.05) is 0 Å². The largest absolute Gasteiger partial charge is 0.307 e. The molecule has 2 heterocycles. The molecule has 0 atom stereocenters. The van der Waals surface area contributed by atoms with E-state index in [1.165, 1.54) is 4.88 Å². The molecule has 0 aliphatic carbocycles. The fourth-order valence-corrected chi connectivity index (χ4v) is 2.39. The third-order valence-corrected chi connectivity index (χ3v) is 3.58. The van der Waals surface area contributed by atoms with Gasteiger partial charge in [0.15, 0.2) is 10.8 Å². The zero-order valence-corrected chi connectivity index (χ0v) is 12.0. The first kappa shape index (κ1) is 13.1. The van der Waals surface area contributed by atoms with Crippen molar-refractivity contribution in [1.29, 1.82) is 0 Å². The van der Waals surface area contributed by atoms with Crippen molar-refractivity contribution in [2.24, 2.45) is 0 Å². The molecule has 5 heteroatoms. The van der Waals surface area contributed by atoms with Crippen LogP contribution in [0.15, 0.2) is 18.5 Å². The highest BCUT2D eigenvalue weighted by Crippen LogP contribution is 2.25. The second-order valence-electron chi connectivity index (χ2n) is 5.20. The Bertz CT molecular complexity index is 514. The minimum Gasteiger partial charge on any atom is -0.307 e. The molecule has 2 rings (SSSR count). The van der Waals surface area contributed by atoms with Crippen LogP contribution in [0.3, 0.4) is 0 Å². The van der Waals surface area contributed by atoms with Crippen LogP contribution in [0.2, 0.25) is 0 Å². The number of aromatic nitrogens is 3. The van der Waals surface area contributed by atoms with Crippen molar-refractivity contribution in [2.75, 3.05) is 0 Å². The summed E-state index contributed by atoms with van der Waals surface area (Å²) < 4.78 is 0. The summed E-state index contributed by atoms with van der Waals surface area (Å²) in [4.78, 5) is 14.2. The lowest BCUT2D eigenvalue weighted by Gasteiger charge is -2.19. The number of nitrogens with zero attached hydrogens (tertiary/aromatic N) is 3. The molecular weight excluding hydrogens is 244 g/mol. The van der Waals surface area contributed by atoms with E-state index in [2.05, 4.69) is 41.0 Å². The van der Waals surface area contributed by atoms with Gasteiger partial charge in [0.1, 0.15) is 0 Å². The average molecular weight is 262 g/mol. The molecule has 0 saturated heterocycles. The quantitative estimate of drug-likeness (QED) is 0.924. The molecule has 0 aliphatic heterocycles. The highest BCUT2D eigenvalue weighted by atomic mass is 32.1. The van der Waals surface area contributed by atoms with Crippen LogP contribution >= 0.6 is 11.3 Å². The predicted octanol–water partition coefficient (Wildman–Crippen LogP) is 2.80. The molecule has 1 N–H and O–H groups in total. The van der Waals surface area contributed by atoms with Crippen LogP contribution in [0.4, 0.5) is 0 Å². The molecule has 0 aromatic carbocycles. The van der Waals surface area contributed by atoms with Gasteiger partial charge < -0.3 is 5.32 Å². The van der Waals surface area contributed by atoms with Gasteiger partial charge in [-0.15, -0.1) is 11.3 Å². The van der Waals surface area contributed by atoms with E-state index in [0.717, 1.165) is 17.2 Å². The molecule has 4 nitrogen and oxygen atoms in total. The van der Waals surface area contributed by atoms with Gasteiger partial charge in [0.25, 0.3) is 0 Å². The zero-order valence-electron chi connectivity index (χ0n) is 11.2. The molecule has 0 spiro atoms. The van der Waals surface area contributed by atoms with Crippen LogP contribution in [0.25, 0.3) is 10.8 Å². The maximum absolute atomic E-state index is 4.54. The molecular formula is C13H18N4S. The van der Waals surface area contributed by atoms with Crippen molar-refractivity contribution in [1.82, 2.24) is 20.3 Å². The Kier molecular flexibility index (Phi) is 3.73. The minimum atomic E-state index is 0.111. The Hall–Kier alpha value is -1.33. The summed E-state index contributed by atoms with van der Waals surface area (Å²) in [6, 6.07) is 1.81. The van der Waals surface area contributed by atoms with E-state index < -0.39 is 0 Å². The lowest BCUT2D eigenvalue weighted by molar-refractivity contribution is 0.425. The van der Waals surface area contributed by atoms with Crippen LogP contribution < -0.4 is 5.32 Å². The van der Waals surface area contributed by atoms with Crippen LogP contribution in [0.5, 0.6) is 0 Å². The van der Waals surface area contributed by atoms with E-state index in [-0.39, 0.29) is 5.54 Å². The maximum Gasteiger partial charge on any atom is 0.188 e. The van der Waals surface area contributed by atoms with E-state index in [1.807, 2.05) is 13.0 Å². The SMILES string of the molecule is Cc1nc(-c2ncccn2)sc1CNC(C)(C)C. The van der Waals surface area contributed by atoms with Crippen LogP contribution in [-0.2, 0) is 6.54 Å². The van der Waals surface area contributed by atoms with Crippen LogP contribution in [0, 0.1) is 6.92 Å². The second kappa shape index (κ2) is 5.12. The van der Waals surface area contributed by atoms with Crippen molar-refractivity contribution in [3.63, 3.8) is 0 Å². The standard InChI is InChI=1S/C13H18N4S/c1-9-10(8-16-13(2,3)4)18-12(17-9)11-14-6-5-7-15-11/h5-7,16H,8H2,1-4H3. The van der Waals surface area contributed by atoms with Gasteiger partial charge in [0, 0.05) is 29.4 Å². The molecule has 18 heavy (non-hydrogen) atoms. The molecule has 0 saturated carbocycles. The van der Waals surface area contributed by atoms with Gasteiger partial charge >= 0.3 is 0 Å². The number of rotatable bonds is 3. The van der Waals surface area contributed by atoms with Crippen molar-refractivity contribution in [3.05, 3.63) is 29.0 Å². The fourth-order valence-electron chi connectivity index (χ4n) is 1.44. The van der Waals surface area contributed by atoms with Crippen molar-refractivity contribution in [2.45, 2.75) is 39.8 Å². The maximum atomic E-state index is 4.54. The molecule has 0 amide bonds. The average Bonchev–Trinajstić information content (AvgIpc) is 2.68. The minimum absolute atomic E-state index is 0.111. The summed E-state index contributed by atoms with van der Waals surface area (Å²) in [6.45, 7) is 9.34. The van der Waals surface area contributed by atoms with Crippen LogP contribution in [-0.4, -0.2) is 20.5 Å². The first-order valence-electron chi connectivity index (χ1n) is 5.94. The number of aryl methyl sites for hydroxylation is 1. The molecule has 0 fully saturated rings. The normalized spacial score (nSPS) is 11.8. The monoisotopic (exact) mass is 262 g/mol. The van der Waals surface area contributed by atoms with Gasteiger partial charge in [0.2, 0.25) is 0 Å². The van der Waals surface area contributed by atoms with Gasteiger partial charge in [-0.25, -0.2) is 15.0 Å².